The summed E-state index contributed by atoms with van der Waals surface area (Å²) in [6.07, 6.45) is 11.9. The fourth-order valence-electron chi connectivity index (χ4n) is 3.68. The average Bonchev–Trinajstić information content (AvgIpc) is 2.91. The largest absolute Gasteiger partial charge is 0.493 e. The summed E-state index contributed by atoms with van der Waals surface area (Å²) in [5, 5.41) is 18.0. The van der Waals surface area contributed by atoms with E-state index in [9.17, 15) is 9.18 Å². The zero-order valence-electron chi connectivity index (χ0n) is 21.7. The molecule has 1 aromatic heterocycles. The number of amides is 1. The molecule has 2 heterocycles. The summed E-state index contributed by atoms with van der Waals surface area (Å²) in [6, 6.07) is 14.5. The van der Waals surface area contributed by atoms with E-state index in [-0.39, 0.29) is 0 Å². The van der Waals surface area contributed by atoms with Gasteiger partial charge in [-0.05, 0) is 81.4 Å². The zero-order valence-corrected chi connectivity index (χ0v) is 21.7. The molecule has 0 aliphatic carbocycles. The number of carbonyl (C=O) groups excluding carboxylic acids is 1. The number of aryl methyl sites for hydroxylation is 1. The Kier molecular flexibility index (Phi) is 14.0. The molecule has 0 saturated carbocycles. The summed E-state index contributed by atoms with van der Waals surface area (Å²) in [7, 11) is 0. The van der Waals surface area contributed by atoms with Crippen LogP contribution in [-0.2, 0) is 11.2 Å². The molecule has 1 aliphatic rings. The molecule has 4 N–H and O–H groups in total. The number of hydrogen-bond acceptors (Lipinski definition) is 6. The number of benzene rings is 1. The Morgan fingerprint density at radius 1 is 1.08 bits per heavy atom. The summed E-state index contributed by atoms with van der Waals surface area (Å²) in [5.74, 6) is 0.269. The molecule has 0 saturated heterocycles. The van der Waals surface area contributed by atoms with E-state index in [1.165, 1.54) is 6.08 Å². The fraction of sp³-hybridized carbons (Fsp3) is 0.300. The Morgan fingerprint density at radius 2 is 1.87 bits per heavy atom. The van der Waals surface area contributed by atoms with Crippen LogP contribution in [0.5, 0.6) is 0 Å². The Balaban J connectivity index is 0.000000352. The zero-order chi connectivity index (χ0) is 27.6. The van der Waals surface area contributed by atoms with Crippen molar-refractivity contribution in [2.45, 2.75) is 51.7 Å². The second-order valence-electron chi connectivity index (χ2n) is 8.42. The van der Waals surface area contributed by atoms with E-state index in [1.807, 2.05) is 49.4 Å². The summed E-state index contributed by atoms with van der Waals surface area (Å²) in [6.45, 7) is 2.66. The van der Waals surface area contributed by atoms with Crippen LogP contribution in [0, 0.1) is 0 Å². The molecule has 0 radical (unpaired) electrons. The van der Waals surface area contributed by atoms with Crippen molar-refractivity contribution in [1.82, 2.24) is 9.97 Å². The molecule has 3 rings (SSSR count). The molecule has 1 aliphatic heterocycles. The van der Waals surface area contributed by atoms with E-state index >= 15 is 0 Å². The maximum Gasteiger partial charge on any atom is 0.248 e. The lowest BCUT2D eigenvalue weighted by Gasteiger charge is -2.16. The number of primary amides is 1. The van der Waals surface area contributed by atoms with Gasteiger partial charge in [0.1, 0.15) is 5.76 Å². The van der Waals surface area contributed by atoms with Crippen LogP contribution in [0.2, 0.25) is 0 Å². The van der Waals surface area contributed by atoms with Crippen molar-refractivity contribution >= 4 is 5.91 Å². The van der Waals surface area contributed by atoms with Gasteiger partial charge in [0, 0.05) is 23.5 Å². The summed E-state index contributed by atoms with van der Waals surface area (Å²) >= 11 is 0. The molecule has 202 valence electrons. The first-order valence-electron chi connectivity index (χ1n) is 12.6. The van der Waals surface area contributed by atoms with Gasteiger partial charge in [0.05, 0.1) is 24.3 Å². The molecule has 0 atom stereocenters. The molecule has 7 nitrogen and oxygen atoms in total. The Hall–Kier alpha value is -3.88. The number of ether oxygens (including phenoxy) is 1. The minimum absolute atomic E-state index is 0.315. The van der Waals surface area contributed by atoms with Crippen molar-refractivity contribution in [2.24, 2.45) is 5.73 Å². The minimum Gasteiger partial charge on any atom is -0.493 e. The van der Waals surface area contributed by atoms with Gasteiger partial charge < -0.3 is 20.7 Å². The first-order chi connectivity index (χ1) is 18.5. The van der Waals surface area contributed by atoms with Crippen molar-refractivity contribution in [3.05, 3.63) is 108 Å². The van der Waals surface area contributed by atoms with Crippen molar-refractivity contribution < 1.29 is 24.1 Å². The number of rotatable bonds is 9. The Bertz CT molecular complexity index is 1140. The van der Waals surface area contributed by atoms with Gasteiger partial charge >= 0.3 is 0 Å². The topological polar surface area (TPSA) is 119 Å². The third-order valence-corrected chi connectivity index (χ3v) is 5.53. The highest BCUT2D eigenvalue weighted by molar-refractivity contribution is 5.92. The van der Waals surface area contributed by atoms with Crippen molar-refractivity contribution in [3.63, 3.8) is 0 Å². The van der Waals surface area contributed by atoms with Crippen LogP contribution >= 0.6 is 0 Å². The van der Waals surface area contributed by atoms with Gasteiger partial charge in [-0.25, -0.2) is 4.39 Å². The lowest BCUT2D eigenvalue weighted by molar-refractivity contribution is -0.0465. The molecule has 2 aromatic rings. The Labute approximate surface area is 223 Å². The maximum atomic E-state index is 11.9. The van der Waals surface area contributed by atoms with Crippen LogP contribution in [0.15, 0.2) is 96.8 Å². The number of nitrogens with zero attached hydrogens (tertiary/aromatic N) is 2. The molecule has 38 heavy (non-hydrogen) atoms. The standard InChI is InChI=1S/C20H23N3O3.C10H13FO/c21-20(26)16-9-6-13-23-19(15-7-2-1-3-8-15)17(22-14-12-16)10-4-5-11-18(24)25;1-2-4-10-9(6-7-11)5-3-8-12-10/h1-3,6-9,12-14,18,24-25H,4-5,10-11H2,(H2,21,26);2,4,6-7H,3,5,8H2,1H3/b;4-2-,7-6+. The van der Waals surface area contributed by atoms with Gasteiger partial charge in [-0.3, -0.25) is 14.8 Å². The van der Waals surface area contributed by atoms with Crippen molar-refractivity contribution in [3.8, 4) is 11.3 Å². The van der Waals surface area contributed by atoms with Crippen LogP contribution in [0.25, 0.3) is 11.3 Å². The SMILES string of the molecule is C/C=C\C1=C(/C=C/F)CCCO1.NC(=O)c1cccnc(-c2ccccc2)c(CCCCC(O)O)ncc1. The third kappa shape index (κ3) is 11.0. The van der Waals surface area contributed by atoms with Crippen molar-refractivity contribution in [1.29, 1.82) is 0 Å². The highest BCUT2D eigenvalue weighted by atomic mass is 19.1. The van der Waals surface area contributed by atoms with E-state index in [0.29, 0.717) is 31.2 Å². The second kappa shape index (κ2) is 17.6. The van der Waals surface area contributed by atoms with E-state index in [4.69, 9.17) is 20.7 Å². The highest BCUT2D eigenvalue weighted by Crippen LogP contribution is 2.21. The lowest BCUT2D eigenvalue weighted by Crippen LogP contribution is -2.09. The van der Waals surface area contributed by atoms with Gasteiger partial charge in [0.2, 0.25) is 5.91 Å². The number of aromatic nitrogens is 2. The first kappa shape index (κ1) is 30.3. The van der Waals surface area contributed by atoms with E-state index < -0.39 is 12.2 Å². The van der Waals surface area contributed by atoms with Crippen LogP contribution in [0.3, 0.4) is 0 Å². The summed E-state index contributed by atoms with van der Waals surface area (Å²) in [4.78, 5) is 20.4. The number of nitrogens with two attached hydrogens (primary N) is 1. The predicted octanol–water partition coefficient (Wildman–Crippen LogP) is 5.50. The number of unbranched alkanes of at least 4 members (excludes halogenated alkanes) is 1. The molecule has 0 spiro atoms. The van der Waals surface area contributed by atoms with Crippen molar-refractivity contribution in [2.75, 3.05) is 6.61 Å². The molecule has 8 heteroatoms. The molecule has 1 amide bonds. The normalized spacial score (nSPS) is 13.2. The average molecular weight is 522 g/mol. The lowest BCUT2D eigenvalue weighted by atomic mass is 10.1. The second-order valence-corrected chi connectivity index (χ2v) is 8.42. The van der Waals surface area contributed by atoms with E-state index in [2.05, 4.69) is 9.97 Å². The quantitative estimate of drug-likeness (QED) is 0.296. The number of hydrogen-bond donors (Lipinski definition) is 3. The molecular weight excluding hydrogens is 485 g/mol. The molecule has 0 unspecified atom stereocenters. The van der Waals surface area contributed by atoms with Crippen LogP contribution in [0.4, 0.5) is 4.39 Å². The van der Waals surface area contributed by atoms with E-state index in [0.717, 1.165) is 54.2 Å². The van der Waals surface area contributed by atoms with Gasteiger partial charge in [0.15, 0.2) is 6.29 Å². The number of halogens is 1. The number of allylic oxidation sites excluding steroid dienone is 4. The first-order valence-corrected chi connectivity index (χ1v) is 12.6. The maximum absolute atomic E-state index is 11.9. The Morgan fingerprint density at radius 3 is 2.55 bits per heavy atom. The van der Waals surface area contributed by atoms with E-state index in [1.54, 1.807) is 30.6 Å². The van der Waals surface area contributed by atoms with Gasteiger partial charge in [-0.1, -0.05) is 36.4 Å². The third-order valence-electron chi connectivity index (χ3n) is 5.53. The number of aliphatic hydroxyl groups is 2. The van der Waals surface area contributed by atoms with Gasteiger partial charge in [0.25, 0.3) is 0 Å². The monoisotopic (exact) mass is 521 g/mol. The predicted molar refractivity (Wildman–Crippen MR) is 147 cm³/mol. The van der Waals surface area contributed by atoms with Crippen LogP contribution in [0.1, 0.15) is 55.1 Å². The highest BCUT2D eigenvalue weighted by Gasteiger charge is 2.09. The van der Waals surface area contributed by atoms with Gasteiger partial charge in [-0.15, -0.1) is 0 Å². The smallest absolute Gasteiger partial charge is 0.248 e. The van der Waals surface area contributed by atoms with Crippen LogP contribution in [-0.4, -0.2) is 39.0 Å². The van der Waals surface area contributed by atoms with Crippen LogP contribution < -0.4 is 5.73 Å². The molecule has 0 fully saturated rings. The van der Waals surface area contributed by atoms with Gasteiger partial charge in [-0.2, -0.15) is 0 Å². The summed E-state index contributed by atoms with van der Waals surface area (Å²) < 4.78 is 17.3. The number of carbonyl (C=O) groups is 1. The fourth-order valence-corrected chi connectivity index (χ4v) is 3.68. The summed E-state index contributed by atoms with van der Waals surface area (Å²) in [5.41, 5.74) is 9.06. The molecule has 0 bridgehead atoms. The molecule has 1 aromatic carbocycles. The molecular formula is C30H36FN3O4. The minimum atomic E-state index is -1.30. The number of aliphatic hydroxyl groups excluding tert-OH is 1.